The smallest absolute Gasteiger partial charge is 0.244 e. The predicted octanol–water partition coefficient (Wildman–Crippen LogP) is 1.97. The number of ether oxygens (including phenoxy) is 2. The van der Waals surface area contributed by atoms with E-state index in [-0.39, 0.29) is 6.10 Å². The van der Waals surface area contributed by atoms with E-state index in [1.807, 2.05) is 26.0 Å². The van der Waals surface area contributed by atoms with E-state index in [1.54, 1.807) is 13.0 Å². The zero-order valence-corrected chi connectivity index (χ0v) is 11.5. The normalized spacial score (nSPS) is 18.3. The van der Waals surface area contributed by atoms with Gasteiger partial charge in [0.1, 0.15) is 18.5 Å². The molecule has 1 saturated heterocycles. The quantitative estimate of drug-likeness (QED) is 0.651. The molecule has 4 nitrogen and oxygen atoms in total. The highest BCUT2D eigenvalue weighted by atomic mass is 16.6. The van der Waals surface area contributed by atoms with Gasteiger partial charge in [-0.1, -0.05) is 0 Å². The summed E-state index contributed by atoms with van der Waals surface area (Å²) in [5.41, 5.74) is 8.82. The Balaban J connectivity index is 2.20. The number of aryl methyl sites for hydroxylation is 2. The van der Waals surface area contributed by atoms with Gasteiger partial charge in [0.25, 0.3) is 0 Å². The minimum atomic E-state index is -0.401. The van der Waals surface area contributed by atoms with Gasteiger partial charge in [0, 0.05) is 5.57 Å². The third kappa shape index (κ3) is 3.58. The van der Waals surface area contributed by atoms with Crippen molar-refractivity contribution in [3.63, 3.8) is 0 Å². The number of benzene rings is 1. The molecule has 1 fully saturated rings. The number of nitrogens with two attached hydrogens (primary N) is 1. The second-order valence-electron chi connectivity index (χ2n) is 4.94. The van der Waals surface area contributed by atoms with Crippen molar-refractivity contribution in [3.8, 4) is 5.75 Å². The van der Waals surface area contributed by atoms with Crippen molar-refractivity contribution < 1.29 is 14.3 Å². The zero-order chi connectivity index (χ0) is 14.0. The Labute approximate surface area is 113 Å². The summed E-state index contributed by atoms with van der Waals surface area (Å²) in [6.45, 7) is 7.08. The highest BCUT2D eigenvalue weighted by Crippen LogP contribution is 2.27. The first-order valence-corrected chi connectivity index (χ1v) is 6.31. The van der Waals surface area contributed by atoms with Crippen LogP contribution in [0.4, 0.5) is 0 Å². The van der Waals surface area contributed by atoms with Crippen LogP contribution in [0.15, 0.2) is 17.7 Å². The molecule has 1 aromatic carbocycles. The van der Waals surface area contributed by atoms with Crippen LogP contribution in [-0.2, 0) is 9.53 Å². The van der Waals surface area contributed by atoms with Gasteiger partial charge in [-0.25, -0.2) is 0 Å². The molecule has 1 aromatic rings. The molecule has 1 amide bonds. The van der Waals surface area contributed by atoms with Crippen LogP contribution in [-0.4, -0.2) is 25.2 Å². The Bertz CT molecular complexity index is 507. The summed E-state index contributed by atoms with van der Waals surface area (Å²) in [6, 6.07) is 3.98. The van der Waals surface area contributed by atoms with Gasteiger partial charge in [0.2, 0.25) is 5.91 Å². The van der Waals surface area contributed by atoms with Crippen molar-refractivity contribution >= 4 is 12.0 Å². The maximum Gasteiger partial charge on any atom is 0.244 e. The maximum atomic E-state index is 11.0. The Kier molecular flexibility index (Phi) is 3.90. The highest BCUT2D eigenvalue weighted by molar-refractivity contribution is 5.96. The monoisotopic (exact) mass is 261 g/mol. The largest absolute Gasteiger partial charge is 0.490 e. The number of primary amides is 1. The molecular weight excluding hydrogens is 242 g/mol. The molecule has 0 aromatic heterocycles. The molecule has 2 rings (SSSR count). The molecule has 19 heavy (non-hydrogen) atoms. The number of hydrogen-bond donors (Lipinski definition) is 1. The lowest BCUT2D eigenvalue weighted by Crippen LogP contribution is -2.11. The van der Waals surface area contributed by atoms with Crippen molar-refractivity contribution in [2.75, 3.05) is 13.2 Å². The lowest BCUT2D eigenvalue weighted by Gasteiger charge is -2.12. The number of hydrogen-bond acceptors (Lipinski definition) is 3. The molecule has 1 aliphatic rings. The molecule has 0 aliphatic carbocycles. The Morgan fingerprint density at radius 1 is 1.47 bits per heavy atom. The minimum Gasteiger partial charge on any atom is -0.490 e. The average Bonchev–Trinajstić information content (AvgIpc) is 3.11. The molecule has 0 saturated carbocycles. The first-order valence-electron chi connectivity index (χ1n) is 6.31. The van der Waals surface area contributed by atoms with E-state index >= 15 is 0 Å². The van der Waals surface area contributed by atoms with Gasteiger partial charge in [-0.05, 0) is 55.7 Å². The van der Waals surface area contributed by atoms with E-state index in [0.717, 1.165) is 29.0 Å². The summed E-state index contributed by atoms with van der Waals surface area (Å²) in [5.74, 6) is 0.492. The third-order valence-corrected chi connectivity index (χ3v) is 3.07. The van der Waals surface area contributed by atoms with Crippen LogP contribution < -0.4 is 10.5 Å². The zero-order valence-electron chi connectivity index (χ0n) is 11.5. The highest BCUT2D eigenvalue weighted by Gasteiger charge is 2.23. The summed E-state index contributed by atoms with van der Waals surface area (Å²) in [4.78, 5) is 11.0. The van der Waals surface area contributed by atoms with Crippen LogP contribution >= 0.6 is 0 Å². The number of carbonyl (C=O) groups is 1. The molecule has 0 bridgehead atoms. The number of rotatable bonds is 5. The Hall–Kier alpha value is -1.81. The third-order valence-electron chi connectivity index (χ3n) is 3.07. The summed E-state index contributed by atoms with van der Waals surface area (Å²) in [6.07, 6.45) is 2.03. The van der Waals surface area contributed by atoms with Gasteiger partial charge in [-0.15, -0.1) is 0 Å². The van der Waals surface area contributed by atoms with Crippen LogP contribution in [0.25, 0.3) is 6.08 Å². The first kappa shape index (κ1) is 13.6. The van der Waals surface area contributed by atoms with Crippen LogP contribution in [0, 0.1) is 13.8 Å². The lowest BCUT2D eigenvalue weighted by molar-refractivity contribution is -0.114. The van der Waals surface area contributed by atoms with Crippen molar-refractivity contribution in [1.29, 1.82) is 0 Å². The fourth-order valence-corrected chi connectivity index (χ4v) is 1.96. The second-order valence-corrected chi connectivity index (χ2v) is 4.94. The van der Waals surface area contributed by atoms with Crippen molar-refractivity contribution in [1.82, 2.24) is 0 Å². The van der Waals surface area contributed by atoms with Gasteiger partial charge in [-0.2, -0.15) is 0 Å². The second kappa shape index (κ2) is 5.45. The van der Waals surface area contributed by atoms with E-state index in [4.69, 9.17) is 15.2 Å². The lowest BCUT2D eigenvalue weighted by atomic mass is 10.0. The SMILES string of the molecule is CC(=Cc1cc(C)c(OCC2CO2)c(C)c1)C(N)=O. The summed E-state index contributed by atoms with van der Waals surface area (Å²) < 4.78 is 10.9. The molecule has 0 radical (unpaired) electrons. The number of amides is 1. The van der Waals surface area contributed by atoms with Gasteiger partial charge in [0.05, 0.1) is 6.61 Å². The van der Waals surface area contributed by atoms with Gasteiger partial charge in [0.15, 0.2) is 0 Å². The topological polar surface area (TPSA) is 64.8 Å². The summed E-state index contributed by atoms with van der Waals surface area (Å²) in [7, 11) is 0. The average molecular weight is 261 g/mol. The minimum absolute atomic E-state index is 0.246. The molecular formula is C15H19NO3. The van der Waals surface area contributed by atoms with E-state index in [2.05, 4.69) is 0 Å². The molecule has 1 unspecified atom stereocenters. The number of epoxide rings is 1. The molecule has 1 heterocycles. The summed E-state index contributed by atoms with van der Waals surface area (Å²) in [5, 5.41) is 0. The van der Waals surface area contributed by atoms with Crippen molar-refractivity contribution in [3.05, 3.63) is 34.4 Å². The van der Waals surface area contributed by atoms with Crippen LogP contribution in [0.2, 0.25) is 0 Å². The number of carbonyl (C=O) groups excluding carboxylic acids is 1. The van der Waals surface area contributed by atoms with E-state index < -0.39 is 5.91 Å². The van der Waals surface area contributed by atoms with E-state index in [0.29, 0.717) is 12.2 Å². The molecule has 1 aliphatic heterocycles. The van der Waals surface area contributed by atoms with Gasteiger partial charge in [-0.3, -0.25) is 4.79 Å². The molecule has 102 valence electrons. The van der Waals surface area contributed by atoms with Crippen LogP contribution in [0.3, 0.4) is 0 Å². The van der Waals surface area contributed by atoms with Crippen LogP contribution in [0.1, 0.15) is 23.6 Å². The van der Waals surface area contributed by atoms with Crippen molar-refractivity contribution in [2.45, 2.75) is 26.9 Å². The van der Waals surface area contributed by atoms with E-state index in [9.17, 15) is 4.79 Å². The Morgan fingerprint density at radius 2 is 2.05 bits per heavy atom. The molecule has 2 N–H and O–H groups in total. The maximum absolute atomic E-state index is 11.0. The van der Waals surface area contributed by atoms with E-state index in [1.165, 1.54) is 0 Å². The fraction of sp³-hybridized carbons (Fsp3) is 0.400. The standard InChI is InChI=1S/C15H19NO3/c1-9-4-12(6-11(3)15(16)17)5-10(2)14(9)19-8-13-7-18-13/h4-6,13H,7-8H2,1-3H3,(H2,16,17). The molecule has 0 spiro atoms. The summed E-state index contributed by atoms with van der Waals surface area (Å²) >= 11 is 0. The molecule has 4 heteroatoms. The Morgan fingerprint density at radius 3 is 2.53 bits per heavy atom. The predicted molar refractivity (Wildman–Crippen MR) is 74.0 cm³/mol. The molecule has 1 atom stereocenters. The first-order chi connectivity index (χ1) is 8.97. The van der Waals surface area contributed by atoms with Crippen molar-refractivity contribution in [2.24, 2.45) is 5.73 Å². The van der Waals surface area contributed by atoms with Gasteiger partial charge >= 0.3 is 0 Å². The fourth-order valence-electron chi connectivity index (χ4n) is 1.96. The van der Waals surface area contributed by atoms with Gasteiger partial charge < -0.3 is 15.2 Å². The van der Waals surface area contributed by atoms with Crippen LogP contribution in [0.5, 0.6) is 5.75 Å².